The Kier molecular flexibility index (Phi) is 1.95. The van der Waals surface area contributed by atoms with Gasteiger partial charge in [0, 0.05) is 19.2 Å². The second kappa shape index (κ2) is 3.61. The van der Waals surface area contributed by atoms with Crippen molar-refractivity contribution in [3.05, 3.63) is 41.9 Å². The molecule has 0 saturated carbocycles. The quantitative estimate of drug-likeness (QED) is 0.637. The van der Waals surface area contributed by atoms with Crippen molar-refractivity contribution >= 4 is 5.65 Å². The molecule has 1 aliphatic heterocycles. The molecule has 0 saturated heterocycles. The van der Waals surface area contributed by atoms with E-state index in [1.165, 1.54) is 0 Å². The van der Waals surface area contributed by atoms with E-state index >= 15 is 0 Å². The average Bonchev–Trinajstić information content (AvgIpc) is 3.04. The molecule has 3 aromatic heterocycles. The van der Waals surface area contributed by atoms with E-state index in [0.717, 1.165) is 35.8 Å². The summed E-state index contributed by atoms with van der Waals surface area (Å²) in [5.74, 6) is 0.833. The van der Waals surface area contributed by atoms with Gasteiger partial charge in [0.2, 0.25) is 0 Å². The summed E-state index contributed by atoms with van der Waals surface area (Å²) in [4.78, 5) is 7.45. The molecule has 18 heavy (non-hydrogen) atoms. The van der Waals surface area contributed by atoms with Gasteiger partial charge >= 0.3 is 0 Å². The number of nitrogens with one attached hydrogen (secondary N) is 2. The summed E-state index contributed by atoms with van der Waals surface area (Å²) in [7, 11) is 0. The first-order chi connectivity index (χ1) is 8.92. The van der Waals surface area contributed by atoms with Crippen LogP contribution in [0.5, 0.6) is 0 Å². The Morgan fingerprint density at radius 2 is 2.33 bits per heavy atom. The second-order valence-corrected chi connectivity index (χ2v) is 4.32. The smallest absolute Gasteiger partial charge is 0.177 e. The van der Waals surface area contributed by atoms with Gasteiger partial charge in [0.05, 0.1) is 23.8 Å². The van der Waals surface area contributed by atoms with E-state index in [2.05, 4.69) is 30.6 Å². The Labute approximate surface area is 102 Å². The maximum Gasteiger partial charge on any atom is 0.177 e. The van der Waals surface area contributed by atoms with E-state index in [-0.39, 0.29) is 6.04 Å². The number of H-pyrrole nitrogens is 1. The molecule has 7 nitrogen and oxygen atoms in total. The van der Waals surface area contributed by atoms with Gasteiger partial charge in [-0.05, 0) is 12.1 Å². The lowest BCUT2D eigenvalue weighted by Crippen LogP contribution is -2.30. The SMILES string of the molecule is c1cnn2c(C3Cc4nc[nH]c4CN3)nnc2c1. The number of rotatable bonds is 1. The lowest BCUT2D eigenvalue weighted by Gasteiger charge is -2.21. The van der Waals surface area contributed by atoms with Gasteiger partial charge in [-0.2, -0.15) is 9.61 Å². The van der Waals surface area contributed by atoms with Gasteiger partial charge in [-0.15, -0.1) is 10.2 Å². The highest BCUT2D eigenvalue weighted by Crippen LogP contribution is 2.22. The minimum Gasteiger partial charge on any atom is -0.347 e. The Balaban J connectivity index is 1.76. The molecule has 0 bridgehead atoms. The number of fused-ring (bicyclic) bond motifs is 2. The molecule has 0 aliphatic carbocycles. The van der Waals surface area contributed by atoms with Crippen LogP contribution in [0.4, 0.5) is 0 Å². The van der Waals surface area contributed by atoms with Crippen LogP contribution in [0.25, 0.3) is 5.65 Å². The second-order valence-electron chi connectivity index (χ2n) is 4.32. The van der Waals surface area contributed by atoms with Crippen LogP contribution in [0.2, 0.25) is 0 Å². The number of aromatic amines is 1. The first kappa shape index (κ1) is 9.72. The third kappa shape index (κ3) is 1.34. The zero-order chi connectivity index (χ0) is 11.9. The first-order valence-corrected chi connectivity index (χ1v) is 5.82. The van der Waals surface area contributed by atoms with Crippen LogP contribution in [0.1, 0.15) is 23.3 Å². The summed E-state index contributed by atoms with van der Waals surface area (Å²) < 4.78 is 1.77. The molecule has 0 aromatic carbocycles. The third-order valence-corrected chi connectivity index (χ3v) is 3.24. The average molecular weight is 241 g/mol. The van der Waals surface area contributed by atoms with Crippen molar-refractivity contribution in [1.29, 1.82) is 0 Å². The maximum absolute atomic E-state index is 4.32. The van der Waals surface area contributed by atoms with E-state index in [1.54, 1.807) is 17.0 Å². The van der Waals surface area contributed by atoms with E-state index in [0.29, 0.717) is 0 Å². The summed E-state index contributed by atoms with van der Waals surface area (Å²) in [6, 6.07) is 3.85. The monoisotopic (exact) mass is 241 g/mol. The first-order valence-electron chi connectivity index (χ1n) is 5.82. The number of hydrogen-bond acceptors (Lipinski definition) is 5. The van der Waals surface area contributed by atoms with Crippen molar-refractivity contribution in [2.45, 2.75) is 19.0 Å². The largest absolute Gasteiger partial charge is 0.347 e. The third-order valence-electron chi connectivity index (χ3n) is 3.24. The molecule has 0 radical (unpaired) electrons. The molecule has 0 amide bonds. The van der Waals surface area contributed by atoms with Crippen molar-refractivity contribution in [3.8, 4) is 0 Å². The Morgan fingerprint density at radius 1 is 1.33 bits per heavy atom. The van der Waals surface area contributed by atoms with Gasteiger partial charge in [-0.1, -0.05) is 0 Å². The molecule has 1 aliphatic rings. The lowest BCUT2D eigenvalue weighted by molar-refractivity contribution is 0.459. The van der Waals surface area contributed by atoms with Crippen LogP contribution in [0, 0.1) is 0 Å². The lowest BCUT2D eigenvalue weighted by atomic mass is 10.1. The molecule has 1 unspecified atom stereocenters. The minimum absolute atomic E-state index is 0.103. The Bertz CT molecular complexity index is 698. The Hall–Kier alpha value is -2.28. The fraction of sp³-hybridized carbons (Fsp3) is 0.273. The molecule has 3 aromatic rings. The summed E-state index contributed by atoms with van der Waals surface area (Å²) in [5.41, 5.74) is 3.00. The molecule has 7 heteroatoms. The predicted molar refractivity (Wildman–Crippen MR) is 62.7 cm³/mol. The number of aromatic nitrogens is 6. The standard InChI is InChI=1S/C11H11N7/c1-2-10-16-17-11(18(10)15-3-1)8-4-7-9(5-12-8)14-6-13-7/h1-3,6,8,12H,4-5H2,(H,13,14). The summed E-state index contributed by atoms with van der Waals surface area (Å²) in [6.07, 6.45) is 4.27. The van der Waals surface area contributed by atoms with E-state index < -0.39 is 0 Å². The highest BCUT2D eigenvalue weighted by molar-refractivity contribution is 5.35. The Morgan fingerprint density at radius 3 is 3.33 bits per heavy atom. The maximum atomic E-state index is 4.32. The topological polar surface area (TPSA) is 83.8 Å². The van der Waals surface area contributed by atoms with Crippen molar-refractivity contribution in [2.24, 2.45) is 0 Å². The molecular weight excluding hydrogens is 230 g/mol. The van der Waals surface area contributed by atoms with Crippen molar-refractivity contribution in [3.63, 3.8) is 0 Å². The summed E-state index contributed by atoms with van der Waals surface area (Å²) in [6.45, 7) is 0.766. The highest BCUT2D eigenvalue weighted by atomic mass is 15.4. The molecule has 1 atom stereocenters. The number of nitrogens with zero attached hydrogens (tertiary/aromatic N) is 5. The highest BCUT2D eigenvalue weighted by Gasteiger charge is 2.25. The summed E-state index contributed by atoms with van der Waals surface area (Å²) >= 11 is 0. The van der Waals surface area contributed by atoms with Crippen molar-refractivity contribution in [2.75, 3.05) is 0 Å². The van der Waals surface area contributed by atoms with Crippen molar-refractivity contribution in [1.82, 2.24) is 35.1 Å². The predicted octanol–water partition coefficient (Wildman–Crippen LogP) is 0.234. The van der Waals surface area contributed by atoms with Gasteiger partial charge in [0.1, 0.15) is 0 Å². The normalized spacial score (nSPS) is 19.0. The fourth-order valence-electron chi connectivity index (χ4n) is 2.33. The van der Waals surface area contributed by atoms with Gasteiger partial charge in [0.15, 0.2) is 11.5 Å². The molecule has 2 N–H and O–H groups in total. The zero-order valence-corrected chi connectivity index (χ0v) is 9.54. The van der Waals surface area contributed by atoms with Crippen LogP contribution < -0.4 is 5.32 Å². The minimum atomic E-state index is 0.103. The van der Waals surface area contributed by atoms with Gasteiger partial charge in [-0.3, -0.25) is 0 Å². The van der Waals surface area contributed by atoms with E-state index in [4.69, 9.17) is 0 Å². The van der Waals surface area contributed by atoms with Gasteiger partial charge in [-0.25, -0.2) is 4.98 Å². The van der Waals surface area contributed by atoms with E-state index in [1.807, 2.05) is 12.1 Å². The van der Waals surface area contributed by atoms with Crippen LogP contribution in [0.15, 0.2) is 24.7 Å². The van der Waals surface area contributed by atoms with Crippen LogP contribution >= 0.6 is 0 Å². The van der Waals surface area contributed by atoms with Crippen LogP contribution in [-0.2, 0) is 13.0 Å². The van der Waals surface area contributed by atoms with Gasteiger partial charge in [0.25, 0.3) is 0 Å². The zero-order valence-electron chi connectivity index (χ0n) is 9.54. The molecule has 4 heterocycles. The molecule has 90 valence electrons. The van der Waals surface area contributed by atoms with Crippen LogP contribution in [-0.4, -0.2) is 29.8 Å². The molecular formula is C11H11N7. The van der Waals surface area contributed by atoms with Crippen molar-refractivity contribution < 1.29 is 0 Å². The molecule has 4 rings (SSSR count). The number of hydrogen-bond donors (Lipinski definition) is 2. The summed E-state index contributed by atoms with van der Waals surface area (Å²) in [5, 5.41) is 16.1. The molecule has 0 fully saturated rings. The van der Waals surface area contributed by atoms with Gasteiger partial charge < -0.3 is 10.3 Å². The number of imidazole rings is 1. The van der Waals surface area contributed by atoms with Crippen LogP contribution in [0.3, 0.4) is 0 Å². The van der Waals surface area contributed by atoms with E-state index in [9.17, 15) is 0 Å². The fourth-order valence-corrected chi connectivity index (χ4v) is 2.33. The molecule has 0 spiro atoms.